The van der Waals surface area contributed by atoms with Crippen LogP contribution in [0.1, 0.15) is 59.8 Å². The smallest absolute Gasteiger partial charge is 0.0362 e. The molecule has 13 heavy (non-hydrogen) atoms. The van der Waals surface area contributed by atoms with Crippen LogP contribution < -0.4 is 0 Å². The minimum Gasteiger partial charge on any atom is -0.0654 e. The molecule has 0 amide bonds. The largest absolute Gasteiger partial charge is 0.0654 e. The highest BCUT2D eigenvalue weighted by Crippen LogP contribution is 2.38. The SMILES string of the molecule is CCCC(C)C1CCC(C)CC1C. The van der Waals surface area contributed by atoms with Crippen LogP contribution in [0.15, 0.2) is 0 Å². The van der Waals surface area contributed by atoms with Crippen LogP contribution in [0.25, 0.3) is 0 Å². The monoisotopic (exact) mass is 182 g/mol. The molecule has 1 rings (SSSR count). The second-order valence-electron chi connectivity index (χ2n) is 5.33. The van der Waals surface area contributed by atoms with Crippen LogP contribution in [-0.2, 0) is 0 Å². The third kappa shape index (κ3) is 3.00. The summed E-state index contributed by atoms with van der Waals surface area (Å²) in [4.78, 5) is 0. The van der Waals surface area contributed by atoms with Crippen molar-refractivity contribution in [1.82, 2.24) is 0 Å². The molecule has 0 nitrogen and oxygen atoms in total. The molecule has 1 saturated carbocycles. The van der Waals surface area contributed by atoms with Crippen LogP contribution in [0.5, 0.6) is 0 Å². The molecule has 4 unspecified atom stereocenters. The topological polar surface area (TPSA) is 0 Å². The summed E-state index contributed by atoms with van der Waals surface area (Å²) in [5.41, 5.74) is 0. The Kier molecular flexibility index (Phi) is 4.28. The Morgan fingerprint density at radius 1 is 1.23 bits per heavy atom. The Bertz CT molecular complexity index is 135. The van der Waals surface area contributed by atoms with Crippen molar-refractivity contribution < 1.29 is 0 Å². The predicted molar refractivity (Wildman–Crippen MR) is 59.7 cm³/mol. The molecular formula is C13H26. The standard InChI is InChI=1S/C13H26/c1-5-6-11(3)13-8-7-10(2)9-12(13)4/h10-13H,5-9H2,1-4H3. The molecule has 0 N–H and O–H groups in total. The Hall–Kier alpha value is 0. The van der Waals surface area contributed by atoms with Crippen LogP contribution in [0, 0.1) is 23.7 Å². The van der Waals surface area contributed by atoms with Gasteiger partial charge >= 0.3 is 0 Å². The maximum absolute atomic E-state index is 2.46. The molecule has 1 aliphatic carbocycles. The molecule has 0 aromatic carbocycles. The average molecular weight is 182 g/mol. The first-order valence-electron chi connectivity index (χ1n) is 6.15. The molecule has 0 aromatic rings. The van der Waals surface area contributed by atoms with E-state index in [9.17, 15) is 0 Å². The lowest BCUT2D eigenvalue weighted by molar-refractivity contribution is 0.144. The van der Waals surface area contributed by atoms with Crippen molar-refractivity contribution in [2.24, 2.45) is 23.7 Å². The number of hydrogen-bond acceptors (Lipinski definition) is 0. The van der Waals surface area contributed by atoms with Crippen LogP contribution in [-0.4, -0.2) is 0 Å². The zero-order chi connectivity index (χ0) is 9.84. The molecule has 1 aliphatic rings. The highest BCUT2D eigenvalue weighted by Gasteiger charge is 2.28. The fraction of sp³-hybridized carbons (Fsp3) is 1.00. The molecule has 78 valence electrons. The third-order valence-corrected chi connectivity index (χ3v) is 3.97. The summed E-state index contributed by atoms with van der Waals surface area (Å²) in [5, 5.41) is 0. The maximum Gasteiger partial charge on any atom is -0.0362 e. The van der Waals surface area contributed by atoms with E-state index in [1.54, 1.807) is 0 Å². The Balaban J connectivity index is 2.40. The maximum atomic E-state index is 2.46. The van der Waals surface area contributed by atoms with Crippen molar-refractivity contribution in [3.8, 4) is 0 Å². The summed E-state index contributed by atoms with van der Waals surface area (Å²) in [7, 11) is 0. The third-order valence-electron chi connectivity index (χ3n) is 3.97. The van der Waals surface area contributed by atoms with Crippen LogP contribution in [0.4, 0.5) is 0 Å². The normalized spacial score (nSPS) is 37.4. The van der Waals surface area contributed by atoms with Gasteiger partial charge in [0.2, 0.25) is 0 Å². The summed E-state index contributed by atoms with van der Waals surface area (Å²) < 4.78 is 0. The Morgan fingerprint density at radius 2 is 1.92 bits per heavy atom. The van der Waals surface area contributed by atoms with Gasteiger partial charge in [0.15, 0.2) is 0 Å². The highest BCUT2D eigenvalue weighted by atomic mass is 14.3. The molecule has 1 fully saturated rings. The molecule has 0 radical (unpaired) electrons. The number of rotatable bonds is 3. The zero-order valence-electron chi connectivity index (χ0n) is 9.84. The summed E-state index contributed by atoms with van der Waals surface area (Å²) in [6.45, 7) is 9.65. The molecule has 0 saturated heterocycles. The molecule has 0 heteroatoms. The summed E-state index contributed by atoms with van der Waals surface area (Å²) in [6, 6.07) is 0. The molecule has 0 spiro atoms. The van der Waals surface area contributed by atoms with Gasteiger partial charge in [-0.2, -0.15) is 0 Å². The first-order valence-corrected chi connectivity index (χ1v) is 6.15. The van der Waals surface area contributed by atoms with E-state index in [-0.39, 0.29) is 0 Å². The van der Waals surface area contributed by atoms with Gasteiger partial charge < -0.3 is 0 Å². The van der Waals surface area contributed by atoms with Crippen LogP contribution in [0.3, 0.4) is 0 Å². The van der Waals surface area contributed by atoms with Crippen molar-refractivity contribution in [1.29, 1.82) is 0 Å². The van der Waals surface area contributed by atoms with Gasteiger partial charge in [0.05, 0.1) is 0 Å². The fourth-order valence-corrected chi connectivity index (χ4v) is 3.20. The minimum absolute atomic E-state index is 0.965. The van der Waals surface area contributed by atoms with E-state index >= 15 is 0 Å². The lowest BCUT2D eigenvalue weighted by atomic mass is 9.69. The van der Waals surface area contributed by atoms with E-state index in [1.807, 2.05) is 0 Å². The predicted octanol–water partition coefficient (Wildman–Crippen LogP) is 4.49. The van der Waals surface area contributed by atoms with E-state index in [2.05, 4.69) is 27.7 Å². The second kappa shape index (κ2) is 5.02. The minimum atomic E-state index is 0.965. The quantitative estimate of drug-likeness (QED) is 0.603. The van der Waals surface area contributed by atoms with Crippen LogP contribution in [0.2, 0.25) is 0 Å². The molecule has 0 aromatic heterocycles. The van der Waals surface area contributed by atoms with E-state index in [0.717, 1.165) is 23.7 Å². The van der Waals surface area contributed by atoms with Crippen molar-refractivity contribution in [2.45, 2.75) is 59.8 Å². The zero-order valence-corrected chi connectivity index (χ0v) is 9.84. The Morgan fingerprint density at radius 3 is 2.46 bits per heavy atom. The highest BCUT2D eigenvalue weighted by molar-refractivity contribution is 4.79. The van der Waals surface area contributed by atoms with Crippen molar-refractivity contribution in [3.05, 3.63) is 0 Å². The van der Waals surface area contributed by atoms with Gasteiger partial charge in [-0.05, 0) is 36.5 Å². The van der Waals surface area contributed by atoms with Crippen molar-refractivity contribution in [2.75, 3.05) is 0 Å². The van der Waals surface area contributed by atoms with Gasteiger partial charge in [-0.15, -0.1) is 0 Å². The van der Waals surface area contributed by atoms with Crippen molar-refractivity contribution >= 4 is 0 Å². The summed E-state index contributed by atoms with van der Waals surface area (Å²) in [5.74, 6) is 3.95. The van der Waals surface area contributed by atoms with Crippen molar-refractivity contribution in [3.63, 3.8) is 0 Å². The van der Waals surface area contributed by atoms with Gasteiger partial charge in [-0.25, -0.2) is 0 Å². The van der Waals surface area contributed by atoms with Gasteiger partial charge in [0.25, 0.3) is 0 Å². The van der Waals surface area contributed by atoms with Gasteiger partial charge in [0, 0.05) is 0 Å². The first-order chi connectivity index (χ1) is 6.15. The molecule has 4 atom stereocenters. The molecule has 0 heterocycles. The van der Waals surface area contributed by atoms with Crippen LogP contribution >= 0.6 is 0 Å². The number of hydrogen-bond donors (Lipinski definition) is 0. The average Bonchev–Trinajstić information content (AvgIpc) is 2.04. The van der Waals surface area contributed by atoms with E-state index in [0.29, 0.717) is 0 Å². The molecule has 0 aliphatic heterocycles. The van der Waals surface area contributed by atoms with E-state index in [4.69, 9.17) is 0 Å². The van der Waals surface area contributed by atoms with Gasteiger partial charge in [-0.3, -0.25) is 0 Å². The van der Waals surface area contributed by atoms with E-state index < -0.39 is 0 Å². The van der Waals surface area contributed by atoms with Gasteiger partial charge in [0.1, 0.15) is 0 Å². The molecular weight excluding hydrogens is 156 g/mol. The second-order valence-corrected chi connectivity index (χ2v) is 5.33. The van der Waals surface area contributed by atoms with E-state index in [1.165, 1.54) is 32.1 Å². The fourth-order valence-electron chi connectivity index (χ4n) is 3.20. The first kappa shape index (κ1) is 11.1. The lowest BCUT2D eigenvalue weighted by Gasteiger charge is -2.36. The van der Waals surface area contributed by atoms with Gasteiger partial charge in [-0.1, -0.05) is 47.0 Å². The Labute approximate surface area is 84.1 Å². The lowest BCUT2D eigenvalue weighted by Crippen LogP contribution is -2.26. The summed E-state index contributed by atoms with van der Waals surface area (Å²) in [6.07, 6.45) is 7.23. The molecule has 0 bridgehead atoms. The summed E-state index contributed by atoms with van der Waals surface area (Å²) >= 11 is 0.